The highest BCUT2D eigenvalue weighted by Crippen LogP contribution is 2.29. The molecule has 21 heavy (non-hydrogen) atoms. The molecular formula is C16H21N5. The molecule has 2 saturated heterocycles. The zero-order valence-electron chi connectivity index (χ0n) is 12.2. The summed E-state index contributed by atoms with van der Waals surface area (Å²) in [4.78, 5) is 14.0. The minimum atomic E-state index is 0.679. The Balaban J connectivity index is 1.73. The highest BCUT2D eigenvalue weighted by Gasteiger charge is 2.29. The van der Waals surface area contributed by atoms with Crippen molar-refractivity contribution in [3.63, 3.8) is 0 Å². The number of aromatic nitrogens is 2. The van der Waals surface area contributed by atoms with Crippen molar-refractivity contribution in [2.45, 2.75) is 25.3 Å². The number of hydrogen-bond acceptors (Lipinski definition) is 5. The van der Waals surface area contributed by atoms with Gasteiger partial charge in [-0.1, -0.05) is 0 Å². The number of nitrogens with zero attached hydrogens (tertiary/aromatic N) is 4. The molecule has 0 radical (unpaired) electrons. The molecule has 0 amide bonds. The van der Waals surface area contributed by atoms with Crippen molar-refractivity contribution >= 4 is 22.4 Å². The van der Waals surface area contributed by atoms with E-state index >= 15 is 0 Å². The minimum absolute atomic E-state index is 0.679. The van der Waals surface area contributed by atoms with Crippen molar-refractivity contribution in [3.8, 4) is 0 Å². The maximum Gasteiger partial charge on any atom is 0.140 e. The predicted molar refractivity (Wildman–Crippen MR) is 85.4 cm³/mol. The Labute approximate surface area is 124 Å². The molecule has 2 aliphatic heterocycles. The lowest BCUT2D eigenvalue weighted by molar-refractivity contribution is 0.273. The van der Waals surface area contributed by atoms with Crippen LogP contribution in [-0.4, -0.2) is 47.1 Å². The molecule has 0 spiro atoms. The third-order valence-corrected chi connectivity index (χ3v) is 4.74. The van der Waals surface area contributed by atoms with E-state index in [2.05, 4.69) is 19.8 Å². The van der Waals surface area contributed by atoms with Crippen LogP contribution >= 0.6 is 0 Å². The van der Waals surface area contributed by atoms with Gasteiger partial charge in [-0.2, -0.15) is 0 Å². The van der Waals surface area contributed by atoms with Gasteiger partial charge in [0.1, 0.15) is 12.1 Å². The molecule has 1 unspecified atom stereocenters. The standard InChI is InChI=1S/C16H21N5/c17-12-4-5-15-14(9-12)16(19-11-18-15)21-8-2-7-20-6-1-3-13(20)10-21/h4-5,9,11,13H,1-3,6-8,10,17H2. The van der Waals surface area contributed by atoms with Crippen molar-refractivity contribution in [1.82, 2.24) is 14.9 Å². The summed E-state index contributed by atoms with van der Waals surface area (Å²) in [5, 5.41) is 1.07. The average Bonchev–Trinajstić information content (AvgIpc) is 2.84. The lowest BCUT2D eigenvalue weighted by Gasteiger charge is -2.27. The third kappa shape index (κ3) is 2.31. The van der Waals surface area contributed by atoms with E-state index in [0.717, 1.165) is 35.5 Å². The summed E-state index contributed by atoms with van der Waals surface area (Å²) in [7, 11) is 0. The minimum Gasteiger partial charge on any atom is -0.399 e. The van der Waals surface area contributed by atoms with E-state index in [1.54, 1.807) is 6.33 Å². The topological polar surface area (TPSA) is 58.3 Å². The molecule has 110 valence electrons. The van der Waals surface area contributed by atoms with Gasteiger partial charge in [-0.15, -0.1) is 0 Å². The van der Waals surface area contributed by atoms with E-state index < -0.39 is 0 Å². The number of hydrogen-bond donors (Lipinski definition) is 1. The fourth-order valence-electron chi connectivity index (χ4n) is 3.71. The van der Waals surface area contributed by atoms with E-state index in [1.807, 2.05) is 18.2 Å². The summed E-state index contributed by atoms with van der Waals surface area (Å²) in [5.41, 5.74) is 7.70. The Bertz CT molecular complexity index is 656. The van der Waals surface area contributed by atoms with Gasteiger partial charge in [0.05, 0.1) is 5.52 Å². The van der Waals surface area contributed by atoms with Crippen LogP contribution in [0.3, 0.4) is 0 Å². The van der Waals surface area contributed by atoms with E-state index in [9.17, 15) is 0 Å². The van der Waals surface area contributed by atoms with Crippen LogP contribution in [-0.2, 0) is 0 Å². The van der Waals surface area contributed by atoms with Crippen LogP contribution in [0.1, 0.15) is 19.3 Å². The average molecular weight is 283 g/mol. The molecule has 2 aliphatic rings. The Morgan fingerprint density at radius 2 is 2.00 bits per heavy atom. The first-order valence-electron chi connectivity index (χ1n) is 7.80. The monoisotopic (exact) mass is 283 g/mol. The van der Waals surface area contributed by atoms with Crippen molar-refractivity contribution in [3.05, 3.63) is 24.5 Å². The van der Waals surface area contributed by atoms with Gasteiger partial charge in [-0.3, -0.25) is 4.90 Å². The van der Waals surface area contributed by atoms with Gasteiger partial charge < -0.3 is 10.6 Å². The van der Waals surface area contributed by atoms with Gasteiger partial charge in [-0.05, 0) is 44.0 Å². The molecule has 4 rings (SSSR count). The summed E-state index contributed by atoms with van der Waals surface area (Å²) >= 11 is 0. The van der Waals surface area contributed by atoms with E-state index in [-0.39, 0.29) is 0 Å². The van der Waals surface area contributed by atoms with Gasteiger partial charge in [0.25, 0.3) is 0 Å². The van der Waals surface area contributed by atoms with Crippen molar-refractivity contribution in [2.24, 2.45) is 0 Å². The third-order valence-electron chi connectivity index (χ3n) is 4.74. The number of fused-ring (bicyclic) bond motifs is 2. The van der Waals surface area contributed by atoms with Gasteiger partial charge in [0, 0.05) is 36.7 Å². The van der Waals surface area contributed by atoms with Crippen molar-refractivity contribution in [2.75, 3.05) is 36.8 Å². The van der Waals surface area contributed by atoms with Crippen molar-refractivity contribution in [1.29, 1.82) is 0 Å². The molecule has 0 aliphatic carbocycles. The molecular weight excluding hydrogens is 262 g/mol. The van der Waals surface area contributed by atoms with Gasteiger partial charge in [0.2, 0.25) is 0 Å². The summed E-state index contributed by atoms with van der Waals surface area (Å²) in [5.74, 6) is 1.04. The maximum atomic E-state index is 5.96. The molecule has 2 aromatic rings. The van der Waals surface area contributed by atoms with E-state index in [4.69, 9.17) is 5.73 Å². The summed E-state index contributed by atoms with van der Waals surface area (Å²) in [6.07, 6.45) is 5.51. The molecule has 2 N–H and O–H groups in total. The highest BCUT2D eigenvalue weighted by molar-refractivity contribution is 5.91. The van der Waals surface area contributed by atoms with Gasteiger partial charge in [-0.25, -0.2) is 9.97 Å². The molecule has 2 fully saturated rings. The lowest BCUT2D eigenvalue weighted by atomic mass is 10.1. The van der Waals surface area contributed by atoms with E-state index in [1.165, 1.54) is 32.4 Å². The summed E-state index contributed by atoms with van der Waals surface area (Å²) in [6.45, 7) is 4.61. The quantitative estimate of drug-likeness (QED) is 0.810. The Kier molecular flexibility index (Phi) is 3.15. The zero-order valence-corrected chi connectivity index (χ0v) is 12.2. The molecule has 1 aromatic carbocycles. The second kappa shape index (κ2) is 5.15. The second-order valence-corrected chi connectivity index (χ2v) is 6.11. The van der Waals surface area contributed by atoms with Crippen LogP contribution < -0.4 is 10.6 Å². The zero-order chi connectivity index (χ0) is 14.2. The fourth-order valence-corrected chi connectivity index (χ4v) is 3.71. The molecule has 3 heterocycles. The Hall–Kier alpha value is -1.88. The predicted octanol–water partition coefficient (Wildman–Crippen LogP) is 1.89. The number of nitrogen functional groups attached to an aromatic ring is 1. The largest absolute Gasteiger partial charge is 0.399 e. The van der Waals surface area contributed by atoms with Crippen molar-refractivity contribution < 1.29 is 0 Å². The number of anilines is 2. The van der Waals surface area contributed by atoms with Crippen LogP contribution in [0.15, 0.2) is 24.5 Å². The van der Waals surface area contributed by atoms with Crippen LogP contribution in [0.4, 0.5) is 11.5 Å². The Morgan fingerprint density at radius 3 is 2.95 bits per heavy atom. The highest BCUT2D eigenvalue weighted by atomic mass is 15.3. The molecule has 0 bridgehead atoms. The Morgan fingerprint density at radius 1 is 1.10 bits per heavy atom. The molecule has 5 heteroatoms. The lowest BCUT2D eigenvalue weighted by Crippen LogP contribution is -2.37. The number of rotatable bonds is 1. The van der Waals surface area contributed by atoms with Crippen LogP contribution in [0, 0.1) is 0 Å². The normalized spacial score (nSPS) is 23.2. The first kappa shape index (κ1) is 12.8. The number of benzene rings is 1. The first-order chi connectivity index (χ1) is 10.3. The SMILES string of the molecule is Nc1ccc2ncnc(N3CCCN4CCCC4C3)c2c1. The van der Waals surface area contributed by atoms with E-state index in [0.29, 0.717) is 6.04 Å². The fraction of sp³-hybridized carbons (Fsp3) is 0.500. The molecule has 1 aromatic heterocycles. The summed E-state index contributed by atoms with van der Waals surface area (Å²) < 4.78 is 0. The smallest absolute Gasteiger partial charge is 0.140 e. The number of nitrogens with two attached hydrogens (primary N) is 1. The maximum absolute atomic E-state index is 5.96. The van der Waals surface area contributed by atoms with Gasteiger partial charge >= 0.3 is 0 Å². The molecule has 1 atom stereocenters. The molecule has 0 saturated carbocycles. The van der Waals surface area contributed by atoms with Crippen LogP contribution in [0.5, 0.6) is 0 Å². The van der Waals surface area contributed by atoms with Crippen LogP contribution in [0.2, 0.25) is 0 Å². The van der Waals surface area contributed by atoms with Gasteiger partial charge in [0.15, 0.2) is 0 Å². The van der Waals surface area contributed by atoms with Crippen LogP contribution in [0.25, 0.3) is 10.9 Å². The summed E-state index contributed by atoms with van der Waals surface area (Å²) in [6, 6.07) is 6.57. The second-order valence-electron chi connectivity index (χ2n) is 6.11. The first-order valence-corrected chi connectivity index (χ1v) is 7.80. The molecule has 5 nitrogen and oxygen atoms in total.